The first-order chi connectivity index (χ1) is 7.15. The molecule has 0 amide bonds. The minimum Gasteiger partial charge on any atom is -0.385 e. The van der Waals surface area contributed by atoms with Crippen molar-refractivity contribution < 1.29 is 4.74 Å². The molecule has 0 radical (unpaired) electrons. The molecule has 1 rings (SSSR count). The van der Waals surface area contributed by atoms with Crippen LogP contribution >= 0.6 is 34.5 Å². The second-order valence-corrected chi connectivity index (χ2v) is 5.59. The highest BCUT2D eigenvalue weighted by Crippen LogP contribution is 2.34. The average Bonchev–Trinajstić information content (AvgIpc) is 2.52. The number of thiophene rings is 1. The smallest absolute Gasteiger partial charge is 0.0991 e. The fraction of sp³-hybridized carbons (Fsp3) is 0.600. The molecule has 0 bridgehead atoms. The number of rotatable bonds is 6. The lowest BCUT2D eigenvalue weighted by atomic mass is 10.2. The van der Waals surface area contributed by atoms with Crippen molar-refractivity contribution in [2.24, 2.45) is 0 Å². The van der Waals surface area contributed by atoms with Crippen LogP contribution in [0.15, 0.2) is 6.07 Å². The predicted octanol–water partition coefficient (Wildman–Crippen LogP) is 3.74. The molecule has 1 heterocycles. The van der Waals surface area contributed by atoms with Crippen molar-refractivity contribution in [1.29, 1.82) is 0 Å². The van der Waals surface area contributed by atoms with Crippen LogP contribution in [-0.4, -0.2) is 20.3 Å². The van der Waals surface area contributed by atoms with Crippen LogP contribution in [0.3, 0.4) is 0 Å². The summed E-state index contributed by atoms with van der Waals surface area (Å²) in [5.41, 5.74) is 1.07. The van der Waals surface area contributed by atoms with Crippen LogP contribution in [0, 0.1) is 0 Å². The van der Waals surface area contributed by atoms with E-state index in [2.05, 4.69) is 12.2 Å². The maximum Gasteiger partial charge on any atom is 0.0991 e. The van der Waals surface area contributed by atoms with E-state index in [0.717, 1.165) is 33.8 Å². The van der Waals surface area contributed by atoms with Gasteiger partial charge in [-0.05, 0) is 31.5 Å². The summed E-state index contributed by atoms with van der Waals surface area (Å²) >= 11 is 13.3. The maximum absolute atomic E-state index is 6.05. The number of methoxy groups -OCH3 is 1. The zero-order valence-corrected chi connectivity index (χ0v) is 11.2. The molecule has 0 saturated carbocycles. The van der Waals surface area contributed by atoms with Crippen molar-refractivity contribution in [3.8, 4) is 0 Å². The Kier molecular flexibility index (Phi) is 5.94. The van der Waals surface area contributed by atoms with Crippen LogP contribution in [-0.2, 0) is 4.74 Å². The Hall–Kier alpha value is 0.200. The van der Waals surface area contributed by atoms with E-state index in [1.807, 2.05) is 6.07 Å². The third kappa shape index (κ3) is 4.29. The van der Waals surface area contributed by atoms with Crippen LogP contribution in [0.4, 0.5) is 0 Å². The normalized spacial score (nSPS) is 13.1. The molecule has 1 aromatic rings. The highest BCUT2D eigenvalue weighted by Gasteiger charge is 2.12. The van der Waals surface area contributed by atoms with Crippen molar-refractivity contribution in [3.63, 3.8) is 0 Å². The molecule has 0 aliphatic carbocycles. The average molecular weight is 268 g/mol. The molecule has 1 atom stereocenters. The standard InChI is InChI=1S/C10H15Cl2NOS/c1-7(13-4-3-5-14-2)8-6-9(11)15-10(8)12/h6-7,13H,3-5H2,1-2H3. The van der Waals surface area contributed by atoms with Crippen LogP contribution < -0.4 is 5.32 Å². The SMILES string of the molecule is COCCCNC(C)c1cc(Cl)sc1Cl. The Labute approximate surface area is 105 Å². The summed E-state index contributed by atoms with van der Waals surface area (Å²) in [6.07, 6.45) is 0.996. The number of nitrogens with one attached hydrogen (secondary N) is 1. The molecule has 0 aliphatic heterocycles. The van der Waals surface area contributed by atoms with E-state index in [9.17, 15) is 0 Å². The molecule has 0 saturated heterocycles. The van der Waals surface area contributed by atoms with E-state index in [1.54, 1.807) is 7.11 Å². The molecule has 0 aliphatic rings. The largest absolute Gasteiger partial charge is 0.385 e. The molecular formula is C10H15Cl2NOS. The summed E-state index contributed by atoms with van der Waals surface area (Å²) in [4.78, 5) is 0. The monoisotopic (exact) mass is 267 g/mol. The Morgan fingerprint density at radius 1 is 1.53 bits per heavy atom. The highest BCUT2D eigenvalue weighted by molar-refractivity contribution is 7.20. The van der Waals surface area contributed by atoms with Gasteiger partial charge in [0, 0.05) is 19.8 Å². The Morgan fingerprint density at radius 3 is 2.80 bits per heavy atom. The lowest BCUT2D eigenvalue weighted by molar-refractivity contribution is 0.193. The fourth-order valence-corrected chi connectivity index (χ4v) is 2.94. The summed E-state index contributed by atoms with van der Waals surface area (Å²) in [6, 6.07) is 2.15. The predicted molar refractivity (Wildman–Crippen MR) is 67.2 cm³/mol. The topological polar surface area (TPSA) is 21.3 Å². The van der Waals surface area contributed by atoms with Gasteiger partial charge in [-0.15, -0.1) is 11.3 Å². The van der Waals surface area contributed by atoms with E-state index in [-0.39, 0.29) is 6.04 Å². The van der Waals surface area contributed by atoms with Crippen molar-refractivity contribution in [3.05, 3.63) is 20.3 Å². The molecule has 0 spiro atoms. The zero-order valence-electron chi connectivity index (χ0n) is 8.85. The van der Waals surface area contributed by atoms with Crippen molar-refractivity contribution in [2.75, 3.05) is 20.3 Å². The van der Waals surface area contributed by atoms with Crippen LogP contribution in [0.25, 0.3) is 0 Å². The molecule has 0 fully saturated rings. The van der Waals surface area contributed by atoms with Crippen molar-refractivity contribution >= 4 is 34.5 Å². The fourth-order valence-electron chi connectivity index (χ4n) is 1.29. The lowest BCUT2D eigenvalue weighted by Crippen LogP contribution is -2.20. The molecule has 0 aromatic carbocycles. The second-order valence-electron chi connectivity index (χ2n) is 3.30. The minimum atomic E-state index is 0.234. The molecule has 1 unspecified atom stereocenters. The highest BCUT2D eigenvalue weighted by atomic mass is 35.5. The minimum absolute atomic E-state index is 0.234. The van der Waals surface area contributed by atoms with Gasteiger partial charge >= 0.3 is 0 Å². The quantitative estimate of drug-likeness (QED) is 0.793. The van der Waals surface area contributed by atoms with E-state index in [1.165, 1.54) is 11.3 Å². The first kappa shape index (κ1) is 13.3. The summed E-state index contributed by atoms with van der Waals surface area (Å²) in [5, 5.41) is 3.37. The van der Waals surface area contributed by atoms with Crippen molar-refractivity contribution in [1.82, 2.24) is 5.32 Å². The Bertz CT molecular complexity index is 304. The molecule has 1 N–H and O–H groups in total. The third-order valence-electron chi connectivity index (χ3n) is 2.13. The zero-order chi connectivity index (χ0) is 11.3. The summed E-state index contributed by atoms with van der Waals surface area (Å²) < 4.78 is 6.48. The first-order valence-corrected chi connectivity index (χ1v) is 6.39. The number of ether oxygens (including phenoxy) is 1. The van der Waals surface area contributed by atoms with Gasteiger partial charge in [0.15, 0.2) is 0 Å². The van der Waals surface area contributed by atoms with E-state index < -0.39 is 0 Å². The van der Waals surface area contributed by atoms with Gasteiger partial charge in [0.05, 0.1) is 8.67 Å². The first-order valence-electron chi connectivity index (χ1n) is 4.82. The maximum atomic E-state index is 6.05. The second kappa shape index (κ2) is 6.71. The number of halogens is 2. The third-order valence-corrected chi connectivity index (χ3v) is 3.64. The van der Waals surface area contributed by atoms with Gasteiger partial charge in [0.1, 0.15) is 0 Å². The Balaban J connectivity index is 2.39. The molecule has 15 heavy (non-hydrogen) atoms. The van der Waals surface area contributed by atoms with Gasteiger partial charge in [-0.1, -0.05) is 23.2 Å². The molecular weight excluding hydrogens is 253 g/mol. The number of hydrogen-bond donors (Lipinski definition) is 1. The summed E-state index contributed by atoms with van der Waals surface area (Å²) in [7, 11) is 1.71. The summed E-state index contributed by atoms with van der Waals surface area (Å²) in [5.74, 6) is 0. The molecule has 5 heteroatoms. The van der Waals surface area contributed by atoms with Gasteiger partial charge in [0.2, 0.25) is 0 Å². The molecule has 86 valence electrons. The Morgan fingerprint density at radius 2 is 2.27 bits per heavy atom. The van der Waals surface area contributed by atoms with Gasteiger partial charge < -0.3 is 10.1 Å². The van der Waals surface area contributed by atoms with Crippen LogP contribution in [0.5, 0.6) is 0 Å². The van der Waals surface area contributed by atoms with Gasteiger partial charge in [-0.25, -0.2) is 0 Å². The van der Waals surface area contributed by atoms with Gasteiger partial charge in [0.25, 0.3) is 0 Å². The summed E-state index contributed by atoms with van der Waals surface area (Å²) in [6.45, 7) is 3.77. The van der Waals surface area contributed by atoms with E-state index >= 15 is 0 Å². The van der Waals surface area contributed by atoms with Crippen LogP contribution in [0.1, 0.15) is 24.9 Å². The molecule has 1 aromatic heterocycles. The van der Waals surface area contributed by atoms with Gasteiger partial charge in [-0.2, -0.15) is 0 Å². The number of hydrogen-bond acceptors (Lipinski definition) is 3. The van der Waals surface area contributed by atoms with Crippen molar-refractivity contribution in [2.45, 2.75) is 19.4 Å². The van der Waals surface area contributed by atoms with Crippen LogP contribution in [0.2, 0.25) is 8.67 Å². The van der Waals surface area contributed by atoms with E-state index in [4.69, 9.17) is 27.9 Å². The lowest BCUT2D eigenvalue weighted by Gasteiger charge is -2.12. The van der Waals surface area contributed by atoms with Gasteiger partial charge in [-0.3, -0.25) is 0 Å². The molecule has 2 nitrogen and oxygen atoms in total. The van der Waals surface area contributed by atoms with E-state index in [0.29, 0.717) is 0 Å².